The number of aliphatic hydroxyl groups excluding tert-OH is 1. The Morgan fingerprint density at radius 2 is 1.86 bits per heavy atom. The van der Waals surface area contributed by atoms with Gasteiger partial charge in [0.2, 0.25) is 10.0 Å². The maximum atomic E-state index is 13.3. The first-order valence-corrected chi connectivity index (χ1v) is 14.3. The zero-order valence-corrected chi connectivity index (χ0v) is 19.8. The van der Waals surface area contributed by atoms with Gasteiger partial charge in [0.15, 0.2) is 8.32 Å². The average Bonchev–Trinajstić information content (AvgIpc) is 3.08. The van der Waals surface area contributed by atoms with Crippen molar-refractivity contribution in [2.45, 2.75) is 75.7 Å². The van der Waals surface area contributed by atoms with E-state index in [0.717, 1.165) is 5.56 Å². The molecule has 1 aromatic rings. The van der Waals surface area contributed by atoms with Crippen molar-refractivity contribution >= 4 is 18.3 Å². The fourth-order valence-corrected chi connectivity index (χ4v) is 6.01. The third kappa shape index (κ3) is 5.13. The minimum atomic E-state index is -3.62. The van der Waals surface area contributed by atoms with E-state index in [1.807, 2.05) is 31.2 Å². The maximum absolute atomic E-state index is 13.3. The van der Waals surface area contributed by atoms with Crippen LogP contribution in [0.2, 0.25) is 18.1 Å². The lowest BCUT2D eigenvalue weighted by molar-refractivity contribution is 0.112. The molecule has 0 saturated carbocycles. The van der Waals surface area contributed by atoms with Gasteiger partial charge in [0, 0.05) is 13.2 Å². The van der Waals surface area contributed by atoms with E-state index in [4.69, 9.17) is 4.43 Å². The topological polar surface area (TPSA) is 66.8 Å². The summed E-state index contributed by atoms with van der Waals surface area (Å²) in [4.78, 5) is 0.306. The van der Waals surface area contributed by atoms with Gasteiger partial charge in [-0.15, -0.1) is 0 Å². The Bertz CT molecular complexity index is 782. The Morgan fingerprint density at radius 1 is 1.25 bits per heavy atom. The number of hydrogen-bond acceptors (Lipinski definition) is 4. The summed E-state index contributed by atoms with van der Waals surface area (Å²) in [5.41, 5.74) is 1.03. The highest BCUT2D eigenvalue weighted by Gasteiger charge is 2.43. The van der Waals surface area contributed by atoms with Crippen molar-refractivity contribution in [3.05, 3.63) is 42.0 Å². The standard InChI is InChI=1S/C21H35NO4SSi/c1-17-11-13-18(14-12-17)27(24,25)22-15-7-9-19(22)20(10-8-16-23)26-28(5,6)21(2,3)4/h7,9,11-14,19-20,23H,8,10,15-16H2,1-6H3/t19-,20+/m0/s1. The third-order valence-electron chi connectivity index (χ3n) is 5.86. The lowest BCUT2D eigenvalue weighted by Crippen LogP contribution is -2.51. The summed E-state index contributed by atoms with van der Waals surface area (Å²) >= 11 is 0. The van der Waals surface area contributed by atoms with E-state index in [-0.39, 0.29) is 23.8 Å². The summed E-state index contributed by atoms with van der Waals surface area (Å²) in [7, 11) is -5.72. The molecule has 0 unspecified atom stereocenters. The van der Waals surface area contributed by atoms with Crippen molar-refractivity contribution in [1.82, 2.24) is 4.31 Å². The summed E-state index contributed by atoms with van der Waals surface area (Å²) < 4.78 is 34.8. The summed E-state index contributed by atoms with van der Waals surface area (Å²) in [6.07, 6.45) is 4.78. The number of nitrogens with zero attached hydrogens (tertiary/aromatic N) is 1. The second-order valence-corrected chi connectivity index (χ2v) is 15.7. The normalized spacial score (nSPS) is 19.9. The SMILES string of the molecule is Cc1ccc(S(=O)(=O)N2CC=C[C@H]2[C@@H](CCCO)O[Si](C)(C)C(C)(C)C)cc1. The second kappa shape index (κ2) is 8.79. The number of aryl methyl sites for hydroxylation is 1. The van der Waals surface area contributed by atoms with Crippen LogP contribution in [-0.4, -0.2) is 51.4 Å². The molecule has 0 spiro atoms. The highest BCUT2D eigenvalue weighted by atomic mass is 32.2. The Kier molecular flexibility index (Phi) is 7.31. The van der Waals surface area contributed by atoms with Gasteiger partial charge in [-0.05, 0) is 50.0 Å². The predicted octanol–water partition coefficient (Wildman–Crippen LogP) is 4.09. The van der Waals surface area contributed by atoms with Crippen molar-refractivity contribution in [2.75, 3.05) is 13.2 Å². The van der Waals surface area contributed by atoms with E-state index in [9.17, 15) is 13.5 Å². The van der Waals surface area contributed by atoms with Crippen molar-refractivity contribution in [3.8, 4) is 0 Å². The van der Waals surface area contributed by atoms with Gasteiger partial charge in [-0.3, -0.25) is 0 Å². The Hall–Kier alpha value is -0.993. The van der Waals surface area contributed by atoms with Crippen LogP contribution in [0.25, 0.3) is 0 Å². The molecule has 28 heavy (non-hydrogen) atoms. The van der Waals surface area contributed by atoms with Gasteiger partial charge in [-0.2, -0.15) is 4.31 Å². The van der Waals surface area contributed by atoms with Crippen molar-refractivity contribution < 1.29 is 18.0 Å². The monoisotopic (exact) mass is 425 g/mol. The first kappa shape index (κ1) is 23.3. The van der Waals surface area contributed by atoms with Crippen LogP contribution in [0.1, 0.15) is 39.2 Å². The molecule has 5 nitrogen and oxygen atoms in total. The number of benzene rings is 1. The molecule has 0 aliphatic carbocycles. The molecule has 2 rings (SSSR count). The van der Waals surface area contributed by atoms with Gasteiger partial charge >= 0.3 is 0 Å². The van der Waals surface area contributed by atoms with E-state index in [1.165, 1.54) is 4.31 Å². The zero-order valence-electron chi connectivity index (χ0n) is 18.0. The molecule has 158 valence electrons. The minimum absolute atomic E-state index is 0.0213. The fraction of sp³-hybridized carbons (Fsp3) is 0.619. The van der Waals surface area contributed by atoms with E-state index in [0.29, 0.717) is 24.3 Å². The molecule has 0 bridgehead atoms. The molecule has 1 aliphatic heterocycles. The van der Waals surface area contributed by atoms with Crippen LogP contribution >= 0.6 is 0 Å². The van der Waals surface area contributed by atoms with Gasteiger partial charge in [-0.25, -0.2) is 8.42 Å². The van der Waals surface area contributed by atoms with Gasteiger partial charge in [0.25, 0.3) is 0 Å². The smallest absolute Gasteiger partial charge is 0.243 e. The van der Waals surface area contributed by atoms with Crippen LogP contribution < -0.4 is 0 Å². The van der Waals surface area contributed by atoms with Crippen LogP contribution in [0.15, 0.2) is 41.3 Å². The molecule has 0 saturated heterocycles. The van der Waals surface area contributed by atoms with Crippen molar-refractivity contribution in [1.29, 1.82) is 0 Å². The molecule has 2 atom stereocenters. The first-order chi connectivity index (χ1) is 12.9. The quantitative estimate of drug-likeness (QED) is 0.503. The molecule has 1 aromatic carbocycles. The number of rotatable bonds is 8. The summed E-state index contributed by atoms with van der Waals surface area (Å²) in [5.74, 6) is 0. The molecular formula is C21H35NO4SSi. The van der Waals surface area contributed by atoms with Gasteiger partial charge in [0.1, 0.15) is 0 Å². The van der Waals surface area contributed by atoms with Crippen LogP contribution in [0.3, 0.4) is 0 Å². The highest BCUT2D eigenvalue weighted by Crippen LogP contribution is 2.39. The van der Waals surface area contributed by atoms with E-state index in [2.05, 4.69) is 33.9 Å². The van der Waals surface area contributed by atoms with Crippen LogP contribution in [-0.2, 0) is 14.4 Å². The van der Waals surface area contributed by atoms with Gasteiger partial charge in [-0.1, -0.05) is 50.6 Å². The molecule has 0 aromatic heterocycles. The van der Waals surface area contributed by atoms with Crippen LogP contribution in [0.4, 0.5) is 0 Å². The Morgan fingerprint density at radius 3 is 2.39 bits per heavy atom. The molecule has 0 amide bonds. The lowest BCUT2D eigenvalue weighted by Gasteiger charge is -2.42. The van der Waals surface area contributed by atoms with Crippen molar-refractivity contribution in [3.63, 3.8) is 0 Å². The number of hydrogen-bond donors (Lipinski definition) is 1. The molecule has 1 heterocycles. The molecule has 1 aliphatic rings. The Labute approximate surface area is 171 Å². The molecule has 0 radical (unpaired) electrons. The van der Waals surface area contributed by atoms with Gasteiger partial charge in [0.05, 0.1) is 17.0 Å². The second-order valence-electron chi connectivity index (χ2n) is 9.09. The molecular weight excluding hydrogens is 390 g/mol. The van der Waals surface area contributed by atoms with Gasteiger partial charge < -0.3 is 9.53 Å². The van der Waals surface area contributed by atoms with E-state index in [1.54, 1.807) is 12.1 Å². The van der Waals surface area contributed by atoms with Crippen molar-refractivity contribution in [2.24, 2.45) is 0 Å². The van der Waals surface area contributed by atoms with Crippen LogP contribution in [0, 0.1) is 6.92 Å². The predicted molar refractivity (Wildman–Crippen MR) is 116 cm³/mol. The zero-order chi connectivity index (χ0) is 21.2. The summed E-state index contributed by atoms with van der Waals surface area (Å²) in [5, 5.41) is 9.37. The molecule has 7 heteroatoms. The Balaban J connectivity index is 2.33. The van der Waals surface area contributed by atoms with E-state index >= 15 is 0 Å². The lowest BCUT2D eigenvalue weighted by atomic mass is 10.1. The minimum Gasteiger partial charge on any atom is -0.412 e. The summed E-state index contributed by atoms with van der Waals surface area (Å²) in [6, 6.07) is 6.61. The maximum Gasteiger partial charge on any atom is 0.243 e. The first-order valence-electron chi connectivity index (χ1n) is 9.94. The van der Waals surface area contributed by atoms with E-state index < -0.39 is 18.3 Å². The fourth-order valence-electron chi connectivity index (χ4n) is 3.08. The third-order valence-corrected chi connectivity index (χ3v) is 12.2. The molecule has 1 N–H and O–H groups in total. The van der Waals surface area contributed by atoms with Crippen LogP contribution in [0.5, 0.6) is 0 Å². The average molecular weight is 426 g/mol. The number of aliphatic hydroxyl groups is 1. The number of sulfonamides is 1. The largest absolute Gasteiger partial charge is 0.412 e. The highest BCUT2D eigenvalue weighted by molar-refractivity contribution is 7.89. The summed E-state index contributed by atoms with van der Waals surface area (Å²) in [6.45, 7) is 13.2. The molecule has 0 fully saturated rings.